The molecular formula is C43H64O5Si2. The molecule has 1 aliphatic carbocycles. The Balaban J connectivity index is 1.83. The van der Waals surface area contributed by atoms with E-state index in [2.05, 4.69) is 169 Å². The normalized spacial score (nSPS) is 24.6. The van der Waals surface area contributed by atoms with Gasteiger partial charge in [0.15, 0.2) is 13.9 Å². The van der Waals surface area contributed by atoms with Crippen LogP contribution in [-0.4, -0.2) is 47.2 Å². The first-order valence-electron chi connectivity index (χ1n) is 18.4. The molecule has 1 fully saturated rings. The van der Waals surface area contributed by atoms with E-state index in [1.54, 1.807) is 0 Å². The fourth-order valence-corrected chi connectivity index (χ4v) is 13.0. The molecule has 274 valence electrons. The molecule has 0 N–H and O–H groups in total. The number of cyclic esters (lactones) is 1. The van der Waals surface area contributed by atoms with Gasteiger partial charge < -0.3 is 18.3 Å². The van der Waals surface area contributed by atoms with E-state index in [-0.39, 0.29) is 39.4 Å². The smallest absolute Gasteiger partial charge is 0.341 e. The molecule has 4 rings (SSSR count). The third-order valence-electron chi connectivity index (χ3n) is 11.2. The van der Waals surface area contributed by atoms with Crippen LogP contribution in [0.15, 0.2) is 96.6 Å². The van der Waals surface area contributed by atoms with Gasteiger partial charge in [0, 0.05) is 11.3 Å². The summed E-state index contributed by atoms with van der Waals surface area (Å²) in [6.07, 6.45) is 6.82. The Morgan fingerprint density at radius 2 is 1.48 bits per heavy atom. The number of benzene rings is 2. The summed E-state index contributed by atoms with van der Waals surface area (Å²) in [4.78, 5) is 14.1. The van der Waals surface area contributed by atoms with Crippen LogP contribution in [0.1, 0.15) is 89.0 Å². The molecule has 1 aliphatic heterocycles. The summed E-state index contributed by atoms with van der Waals surface area (Å²) in [6, 6.07) is 21.5. The van der Waals surface area contributed by atoms with Crippen LogP contribution in [0.4, 0.5) is 0 Å². The molecule has 2 aromatic carbocycles. The van der Waals surface area contributed by atoms with Crippen molar-refractivity contribution in [3.05, 3.63) is 96.6 Å². The predicted molar refractivity (Wildman–Crippen MR) is 213 cm³/mol. The van der Waals surface area contributed by atoms with Crippen LogP contribution < -0.4 is 10.4 Å². The minimum Gasteiger partial charge on any atom is -0.433 e. The standard InChI is InChI=1S/C43H64O5Si2/c1-15-22-37(48-49(13,14)41(7,8)9)31(2)27-34-28-33(32(3)29-43(34)38(44)46-39(47-43)40(4,5)6)30-45-50(42(10,11)12,35-23-18-16-19-24-35)36-25-20-17-21-26-36/h15-21,23-28,32,34,37,39H,1,22,29-30H2,2-14H3/b31-27+/t32-,34-,37+,39+,43+/m1/s1. The lowest BCUT2D eigenvalue weighted by Crippen LogP contribution is -2.66. The Kier molecular flexibility index (Phi) is 11.9. The van der Waals surface area contributed by atoms with Gasteiger partial charge >= 0.3 is 5.97 Å². The summed E-state index contributed by atoms with van der Waals surface area (Å²) in [5.74, 6) is -0.601. The SMILES string of the molecule is C=CC[C@H](O[Si](C)(C)C(C)(C)C)/C(C)=C/[C@@H]1C=C(CO[Si](c2ccccc2)(c2ccccc2)C(C)(C)C)[C@H](C)C[C@]12O[C@@H](C(C)(C)C)OC2=O. The van der Waals surface area contributed by atoms with Crippen molar-refractivity contribution in [2.45, 2.75) is 130 Å². The Hall–Kier alpha value is -2.56. The molecule has 50 heavy (non-hydrogen) atoms. The van der Waals surface area contributed by atoms with Crippen LogP contribution in [0.25, 0.3) is 0 Å². The monoisotopic (exact) mass is 716 g/mol. The molecule has 1 spiro atoms. The van der Waals surface area contributed by atoms with Gasteiger partial charge in [0.1, 0.15) is 0 Å². The van der Waals surface area contributed by atoms with Crippen LogP contribution in [0, 0.1) is 17.3 Å². The second-order valence-corrected chi connectivity index (χ2v) is 27.3. The number of carbonyl (C=O) groups excluding carboxylic acids is 1. The van der Waals surface area contributed by atoms with Gasteiger partial charge in [-0.25, -0.2) is 4.79 Å². The Morgan fingerprint density at radius 1 is 0.940 bits per heavy atom. The number of hydrogen-bond donors (Lipinski definition) is 0. The maximum Gasteiger partial charge on any atom is 0.341 e. The summed E-state index contributed by atoms with van der Waals surface area (Å²) in [6.45, 7) is 33.3. The minimum atomic E-state index is -2.79. The molecule has 1 heterocycles. The van der Waals surface area contributed by atoms with Crippen molar-refractivity contribution in [2.75, 3.05) is 6.61 Å². The zero-order chi connectivity index (χ0) is 37.3. The maximum atomic E-state index is 14.1. The van der Waals surface area contributed by atoms with Crippen LogP contribution >= 0.6 is 0 Å². The Morgan fingerprint density at radius 3 is 1.92 bits per heavy atom. The zero-order valence-corrected chi connectivity index (χ0v) is 35.2. The lowest BCUT2D eigenvalue weighted by molar-refractivity contribution is -0.158. The Bertz CT molecular complexity index is 1500. The molecule has 1 saturated heterocycles. The van der Waals surface area contributed by atoms with Gasteiger partial charge in [0.25, 0.3) is 8.32 Å². The first-order chi connectivity index (χ1) is 23.1. The zero-order valence-electron chi connectivity index (χ0n) is 33.2. The van der Waals surface area contributed by atoms with Gasteiger partial charge in [0.05, 0.1) is 12.7 Å². The van der Waals surface area contributed by atoms with E-state index in [1.807, 2.05) is 6.08 Å². The third kappa shape index (κ3) is 8.07. The Labute approximate surface area is 305 Å². The van der Waals surface area contributed by atoms with Crippen LogP contribution in [-0.2, 0) is 23.1 Å². The average molecular weight is 717 g/mol. The highest BCUT2D eigenvalue weighted by Gasteiger charge is 2.59. The fourth-order valence-electron chi connectivity index (χ4n) is 7.14. The van der Waals surface area contributed by atoms with E-state index < -0.39 is 28.5 Å². The van der Waals surface area contributed by atoms with Crippen molar-refractivity contribution in [1.82, 2.24) is 0 Å². The van der Waals surface area contributed by atoms with Crippen LogP contribution in [0.3, 0.4) is 0 Å². The second kappa shape index (κ2) is 14.8. The summed E-state index contributed by atoms with van der Waals surface area (Å²) < 4.78 is 27.2. The summed E-state index contributed by atoms with van der Waals surface area (Å²) >= 11 is 0. The highest BCUT2D eigenvalue weighted by Crippen LogP contribution is 2.49. The van der Waals surface area contributed by atoms with Gasteiger partial charge in [0.2, 0.25) is 6.29 Å². The van der Waals surface area contributed by atoms with E-state index in [0.29, 0.717) is 19.4 Å². The van der Waals surface area contributed by atoms with Crippen molar-refractivity contribution in [3.8, 4) is 0 Å². The number of rotatable bonds is 11. The van der Waals surface area contributed by atoms with E-state index in [9.17, 15) is 4.79 Å². The highest BCUT2D eigenvalue weighted by molar-refractivity contribution is 6.99. The molecule has 5 atom stereocenters. The van der Waals surface area contributed by atoms with Gasteiger partial charge in [-0.1, -0.05) is 148 Å². The number of ether oxygens (including phenoxy) is 2. The largest absolute Gasteiger partial charge is 0.433 e. The first-order valence-corrected chi connectivity index (χ1v) is 23.2. The minimum absolute atomic E-state index is 0.0388. The van der Waals surface area contributed by atoms with Crippen molar-refractivity contribution in [1.29, 1.82) is 0 Å². The average Bonchev–Trinajstić information content (AvgIpc) is 3.35. The molecular weight excluding hydrogens is 653 g/mol. The molecule has 0 bridgehead atoms. The molecule has 0 unspecified atom stereocenters. The molecule has 0 radical (unpaired) electrons. The summed E-state index contributed by atoms with van der Waals surface area (Å²) in [5.41, 5.74) is 0.764. The predicted octanol–water partition coefficient (Wildman–Crippen LogP) is 9.74. The lowest BCUT2D eigenvalue weighted by Gasteiger charge is -2.44. The van der Waals surface area contributed by atoms with Gasteiger partial charge in [-0.3, -0.25) is 0 Å². The summed E-state index contributed by atoms with van der Waals surface area (Å²) in [5, 5.41) is 2.40. The second-order valence-electron chi connectivity index (χ2n) is 18.2. The molecule has 0 amide bonds. The highest BCUT2D eigenvalue weighted by atomic mass is 28.4. The quantitative estimate of drug-likeness (QED) is 0.132. The van der Waals surface area contributed by atoms with Crippen LogP contribution in [0.5, 0.6) is 0 Å². The van der Waals surface area contributed by atoms with Crippen molar-refractivity contribution < 1.29 is 23.1 Å². The van der Waals surface area contributed by atoms with Crippen molar-refractivity contribution in [2.24, 2.45) is 17.3 Å². The number of carbonyl (C=O) groups is 1. The van der Waals surface area contributed by atoms with Crippen molar-refractivity contribution in [3.63, 3.8) is 0 Å². The fraction of sp³-hybridized carbons (Fsp3) is 0.558. The first kappa shape index (κ1) is 40.2. The number of esters is 1. The van der Waals surface area contributed by atoms with Gasteiger partial charge in [-0.05, 0) is 70.4 Å². The molecule has 5 nitrogen and oxygen atoms in total. The summed E-state index contributed by atoms with van der Waals surface area (Å²) in [7, 11) is -4.89. The van der Waals surface area contributed by atoms with E-state index in [1.165, 1.54) is 15.9 Å². The van der Waals surface area contributed by atoms with Crippen molar-refractivity contribution >= 4 is 33.0 Å². The molecule has 2 aliphatic rings. The number of hydrogen-bond acceptors (Lipinski definition) is 5. The van der Waals surface area contributed by atoms with E-state index in [4.69, 9.17) is 18.3 Å². The van der Waals surface area contributed by atoms with Gasteiger partial charge in [-0.15, -0.1) is 6.58 Å². The maximum absolute atomic E-state index is 14.1. The topological polar surface area (TPSA) is 54.0 Å². The lowest BCUT2D eigenvalue weighted by atomic mass is 9.71. The molecule has 7 heteroatoms. The molecule has 0 saturated carbocycles. The third-order valence-corrected chi connectivity index (χ3v) is 20.7. The van der Waals surface area contributed by atoms with E-state index >= 15 is 0 Å². The molecule has 2 aromatic rings. The van der Waals surface area contributed by atoms with Gasteiger partial charge in [-0.2, -0.15) is 0 Å². The molecule has 0 aromatic heterocycles. The van der Waals surface area contributed by atoms with E-state index in [0.717, 1.165) is 5.57 Å². The van der Waals surface area contributed by atoms with Crippen LogP contribution in [0.2, 0.25) is 23.2 Å².